The normalized spacial score (nSPS) is 10.4. The van der Waals surface area contributed by atoms with Gasteiger partial charge in [0.2, 0.25) is 0 Å². The molecule has 0 radical (unpaired) electrons. The average molecular weight is 292 g/mol. The molecule has 0 bridgehead atoms. The van der Waals surface area contributed by atoms with E-state index < -0.39 is 6.09 Å². The van der Waals surface area contributed by atoms with Crippen LogP contribution < -0.4 is 5.32 Å². The van der Waals surface area contributed by atoms with Gasteiger partial charge in [-0.2, -0.15) is 0 Å². The number of anilines is 1. The minimum atomic E-state index is -0.468. The van der Waals surface area contributed by atoms with Gasteiger partial charge in [-0.1, -0.05) is 42.0 Å². The van der Waals surface area contributed by atoms with E-state index in [2.05, 4.69) is 10.3 Å². The molecule has 2 aromatic carbocycles. The fraction of sp³-hybridized carbons (Fsp3) is 0.111. The number of ether oxygens (including phenoxy) is 1. The Morgan fingerprint density at radius 3 is 2.77 bits per heavy atom. The zero-order valence-corrected chi connectivity index (χ0v) is 12.2. The van der Waals surface area contributed by atoms with Crippen LogP contribution in [0.15, 0.2) is 60.9 Å². The van der Waals surface area contributed by atoms with Crippen molar-refractivity contribution in [1.29, 1.82) is 0 Å². The van der Waals surface area contributed by atoms with Crippen LogP contribution in [0.25, 0.3) is 10.8 Å². The zero-order valence-electron chi connectivity index (χ0n) is 12.2. The topological polar surface area (TPSA) is 51.2 Å². The third-order valence-corrected chi connectivity index (χ3v) is 3.41. The zero-order chi connectivity index (χ0) is 15.4. The molecule has 4 heteroatoms. The number of amides is 1. The maximum absolute atomic E-state index is 11.9. The van der Waals surface area contributed by atoms with Gasteiger partial charge in [-0.05, 0) is 24.6 Å². The summed E-state index contributed by atoms with van der Waals surface area (Å²) in [5.41, 5.74) is 2.86. The first kappa shape index (κ1) is 14.1. The van der Waals surface area contributed by atoms with Gasteiger partial charge in [-0.25, -0.2) is 4.79 Å². The van der Waals surface area contributed by atoms with Crippen LogP contribution in [0.2, 0.25) is 0 Å². The number of fused-ring (bicyclic) bond motifs is 1. The van der Waals surface area contributed by atoms with Crippen molar-refractivity contribution in [2.24, 2.45) is 0 Å². The van der Waals surface area contributed by atoms with Gasteiger partial charge >= 0.3 is 6.09 Å². The Bertz CT molecular complexity index is 792. The molecular formula is C18H16N2O2. The van der Waals surface area contributed by atoms with E-state index in [1.165, 1.54) is 5.56 Å². The number of aromatic nitrogens is 1. The van der Waals surface area contributed by atoms with Crippen LogP contribution >= 0.6 is 0 Å². The van der Waals surface area contributed by atoms with Gasteiger partial charge in [0.15, 0.2) is 0 Å². The standard InChI is InChI=1S/C18H16N2O2/c1-13-5-7-14(8-6-13)12-22-18(21)20-17-4-2-3-15-11-19-10-9-16(15)17/h2-11H,12H2,1H3,(H,20,21). The molecule has 4 nitrogen and oxygen atoms in total. The first-order valence-electron chi connectivity index (χ1n) is 7.04. The quantitative estimate of drug-likeness (QED) is 0.783. The summed E-state index contributed by atoms with van der Waals surface area (Å²) in [7, 11) is 0. The van der Waals surface area contributed by atoms with E-state index >= 15 is 0 Å². The molecule has 0 aliphatic heterocycles. The number of aryl methyl sites for hydroxylation is 1. The van der Waals surface area contributed by atoms with Crippen molar-refractivity contribution < 1.29 is 9.53 Å². The number of hydrogen-bond acceptors (Lipinski definition) is 3. The molecule has 3 aromatic rings. The third-order valence-electron chi connectivity index (χ3n) is 3.41. The van der Waals surface area contributed by atoms with E-state index in [4.69, 9.17) is 4.74 Å². The number of rotatable bonds is 3. The SMILES string of the molecule is Cc1ccc(COC(=O)Nc2cccc3cnccc23)cc1. The fourth-order valence-corrected chi connectivity index (χ4v) is 2.21. The minimum absolute atomic E-state index is 0.248. The summed E-state index contributed by atoms with van der Waals surface area (Å²) in [5, 5.41) is 4.68. The summed E-state index contributed by atoms with van der Waals surface area (Å²) in [4.78, 5) is 16.0. The molecule has 1 N–H and O–H groups in total. The van der Waals surface area contributed by atoms with Crippen LogP contribution in [0, 0.1) is 6.92 Å². The molecule has 0 spiro atoms. The lowest BCUT2D eigenvalue weighted by molar-refractivity contribution is 0.155. The Hall–Kier alpha value is -2.88. The molecule has 3 rings (SSSR count). The summed E-state index contributed by atoms with van der Waals surface area (Å²) in [6.07, 6.45) is 2.99. The van der Waals surface area contributed by atoms with E-state index in [-0.39, 0.29) is 6.61 Å². The van der Waals surface area contributed by atoms with Crippen molar-refractivity contribution >= 4 is 22.6 Å². The highest BCUT2D eigenvalue weighted by molar-refractivity contribution is 5.99. The van der Waals surface area contributed by atoms with Crippen LogP contribution in [0.5, 0.6) is 0 Å². The maximum atomic E-state index is 11.9. The summed E-state index contributed by atoms with van der Waals surface area (Å²) in [6, 6.07) is 15.4. The molecule has 110 valence electrons. The molecule has 0 aliphatic rings. The number of nitrogens with one attached hydrogen (secondary N) is 1. The molecule has 0 aliphatic carbocycles. The molecule has 0 unspecified atom stereocenters. The highest BCUT2D eigenvalue weighted by atomic mass is 16.5. The Labute approximate surface area is 128 Å². The Morgan fingerprint density at radius 1 is 1.14 bits per heavy atom. The van der Waals surface area contributed by atoms with Crippen molar-refractivity contribution in [3.05, 3.63) is 72.1 Å². The monoisotopic (exact) mass is 292 g/mol. The number of carbonyl (C=O) groups excluding carboxylic acids is 1. The second-order valence-corrected chi connectivity index (χ2v) is 5.09. The molecule has 1 amide bonds. The van der Waals surface area contributed by atoms with Crippen LogP contribution in [-0.4, -0.2) is 11.1 Å². The lowest BCUT2D eigenvalue weighted by Gasteiger charge is -2.09. The molecule has 1 aromatic heterocycles. The number of benzene rings is 2. The van der Waals surface area contributed by atoms with Crippen LogP contribution in [-0.2, 0) is 11.3 Å². The third kappa shape index (κ3) is 3.23. The predicted octanol–water partition coefficient (Wildman–Crippen LogP) is 4.29. The second-order valence-electron chi connectivity index (χ2n) is 5.09. The van der Waals surface area contributed by atoms with Gasteiger partial charge in [0, 0.05) is 23.2 Å². The van der Waals surface area contributed by atoms with E-state index in [1.807, 2.05) is 55.5 Å². The van der Waals surface area contributed by atoms with E-state index in [0.29, 0.717) is 5.69 Å². The van der Waals surface area contributed by atoms with Crippen molar-refractivity contribution in [3.63, 3.8) is 0 Å². The summed E-state index contributed by atoms with van der Waals surface area (Å²) in [6.45, 7) is 2.27. The molecule has 1 heterocycles. The first-order valence-corrected chi connectivity index (χ1v) is 7.04. The Balaban J connectivity index is 1.67. The van der Waals surface area contributed by atoms with Gasteiger partial charge < -0.3 is 4.74 Å². The van der Waals surface area contributed by atoms with Gasteiger partial charge in [0.1, 0.15) is 6.61 Å². The van der Waals surface area contributed by atoms with Crippen molar-refractivity contribution in [2.45, 2.75) is 13.5 Å². The molecule has 0 saturated carbocycles. The van der Waals surface area contributed by atoms with Crippen LogP contribution in [0.4, 0.5) is 10.5 Å². The largest absolute Gasteiger partial charge is 0.444 e. The highest BCUT2D eigenvalue weighted by Crippen LogP contribution is 2.22. The van der Waals surface area contributed by atoms with Crippen molar-refractivity contribution in [3.8, 4) is 0 Å². The van der Waals surface area contributed by atoms with Gasteiger partial charge in [-0.15, -0.1) is 0 Å². The van der Waals surface area contributed by atoms with Gasteiger partial charge in [0.05, 0.1) is 5.69 Å². The van der Waals surface area contributed by atoms with Gasteiger partial charge in [0.25, 0.3) is 0 Å². The number of pyridine rings is 1. The maximum Gasteiger partial charge on any atom is 0.411 e. The fourth-order valence-electron chi connectivity index (χ4n) is 2.21. The molecule has 0 fully saturated rings. The number of carbonyl (C=O) groups is 1. The van der Waals surface area contributed by atoms with Crippen molar-refractivity contribution in [2.75, 3.05) is 5.32 Å². The van der Waals surface area contributed by atoms with Crippen LogP contribution in [0.3, 0.4) is 0 Å². The second kappa shape index (κ2) is 6.26. The van der Waals surface area contributed by atoms with E-state index in [1.54, 1.807) is 12.4 Å². The molecule has 0 saturated heterocycles. The molecule has 0 atom stereocenters. The highest BCUT2D eigenvalue weighted by Gasteiger charge is 2.06. The predicted molar refractivity (Wildman–Crippen MR) is 86.7 cm³/mol. The van der Waals surface area contributed by atoms with Gasteiger partial charge in [-0.3, -0.25) is 10.3 Å². The Kier molecular flexibility index (Phi) is 4.01. The summed E-state index contributed by atoms with van der Waals surface area (Å²) in [5.74, 6) is 0. The molecule has 22 heavy (non-hydrogen) atoms. The van der Waals surface area contributed by atoms with Crippen LogP contribution in [0.1, 0.15) is 11.1 Å². The lowest BCUT2D eigenvalue weighted by Crippen LogP contribution is -2.13. The lowest BCUT2D eigenvalue weighted by atomic mass is 10.1. The Morgan fingerprint density at radius 2 is 1.95 bits per heavy atom. The average Bonchev–Trinajstić information content (AvgIpc) is 2.55. The minimum Gasteiger partial charge on any atom is -0.444 e. The summed E-state index contributed by atoms with van der Waals surface area (Å²) >= 11 is 0. The first-order chi connectivity index (χ1) is 10.7. The number of nitrogens with zero attached hydrogens (tertiary/aromatic N) is 1. The number of hydrogen-bond donors (Lipinski definition) is 1. The van der Waals surface area contributed by atoms with E-state index in [9.17, 15) is 4.79 Å². The van der Waals surface area contributed by atoms with Crippen molar-refractivity contribution in [1.82, 2.24) is 4.98 Å². The molecular weight excluding hydrogens is 276 g/mol. The smallest absolute Gasteiger partial charge is 0.411 e. The summed E-state index contributed by atoms with van der Waals surface area (Å²) < 4.78 is 5.26. The van der Waals surface area contributed by atoms with E-state index in [0.717, 1.165) is 16.3 Å².